The molecule has 2 heterocycles. The van der Waals surface area contributed by atoms with Crippen molar-refractivity contribution in [2.24, 2.45) is 5.73 Å². The molecule has 3 aromatic rings. The van der Waals surface area contributed by atoms with Crippen LogP contribution in [0.15, 0.2) is 17.5 Å². The van der Waals surface area contributed by atoms with Gasteiger partial charge in [0.15, 0.2) is 0 Å². The lowest BCUT2D eigenvalue weighted by Crippen LogP contribution is -2.19. The maximum absolute atomic E-state index is 6.20. The number of fused-ring (bicyclic) bond motifs is 3. The third-order valence-electron chi connectivity index (χ3n) is 3.41. The SMILES string of the molecule is CCC(CCN)Oc1cc2sc(C)nc2c2sccc12. The molecule has 1 aromatic carbocycles. The Bertz CT molecular complexity index is 732. The fraction of sp³-hybridized carbons (Fsp3) is 0.400. The summed E-state index contributed by atoms with van der Waals surface area (Å²) in [6.45, 7) is 4.85. The van der Waals surface area contributed by atoms with Crippen molar-refractivity contribution in [1.82, 2.24) is 4.98 Å². The van der Waals surface area contributed by atoms with E-state index in [-0.39, 0.29) is 6.10 Å². The molecule has 5 heteroatoms. The van der Waals surface area contributed by atoms with Gasteiger partial charge in [0.05, 0.1) is 26.0 Å². The number of rotatable bonds is 5. The zero-order valence-corrected chi connectivity index (χ0v) is 13.3. The van der Waals surface area contributed by atoms with E-state index >= 15 is 0 Å². The molecule has 3 rings (SSSR count). The van der Waals surface area contributed by atoms with Crippen molar-refractivity contribution in [2.45, 2.75) is 32.8 Å². The second kappa shape index (κ2) is 5.68. The molecule has 2 aromatic heterocycles. The molecule has 0 aliphatic carbocycles. The fourth-order valence-electron chi connectivity index (χ4n) is 2.40. The van der Waals surface area contributed by atoms with E-state index in [4.69, 9.17) is 10.5 Å². The second-order valence-electron chi connectivity index (χ2n) is 4.84. The van der Waals surface area contributed by atoms with Crippen LogP contribution in [0.5, 0.6) is 5.75 Å². The highest BCUT2D eigenvalue weighted by atomic mass is 32.1. The van der Waals surface area contributed by atoms with Crippen molar-refractivity contribution in [2.75, 3.05) is 6.54 Å². The number of hydrogen-bond donors (Lipinski definition) is 1. The van der Waals surface area contributed by atoms with Crippen LogP contribution in [0.25, 0.3) is 20.3 Å². The summed E-state index contributed by atoms with van der Waals surface area (Å²) in [7, 11) is 0. The lowest BCUT2D eigenvalue weighted by molar-refractivity contribution is 0.192. The van der Waals surface area contributed by atoms with E-state index in [9.17, 15) is 0 Å². The molecule has 1 atom stereocenters. The van der Waals surface area contributed by atoms with Gasteiger partial charge >= 0.3 is 0 Å². The smallest absolute Gasteiger partial charge is 0.129 e. The van der Waals surface area contributed by atoms with E-state index < -0.39 is 0 Å². The Hall–Kier alpha value is -1.17. The van der Waals surface area contributed by atoms with Gasteiger partial charge in [-0.25, -0.2) is 4.98 Å². The minimum Gasteiger partial charge on any atom is -0.490 e. The number of hydrogen-bond acceptors (Lipinski definition) is 5. The minimum atomic E-state index is 0.189. The second-order valence-corrected chi connectivity index (χ2v) is 6.99. The highest BCUT2D eigenvalue weighted by Crippen LogP contribution is 2.39. The van der Waals surface area contributed by atoms with Crippen LogP contribution in [0, 0.1) is 6.92 Å². The average molecular weight is 306 g/mol. The van der Waals surface area contributed by atoms with Crippen molar-refractivity contribution >= 4 is 43.0 Å². The molecular weight excluding hydrogens is 288 g/mol. The van der Waals surface area contributed by atoms with Gasteiger partial charge in [-0.15, -0.1) is 22.7 Å². The fourth-order valence-corrected chi connectivity index (χ4v) is 4.23. The first-order valence-corrected chi connectivity index (χ1v) is 8.56. The predicted molar refractivity (Wildman–Crippen MR) is 88.1 cm³/mol. The monoisotopic (exact) mass is 306 g/mol. The third kappa shape index (κ3) is 2.41. The van der Waals surface area contributed by atoms with E-state index in [2.05, 4.69) is 29.4 Å². The molecule has 2 N–H and O–H groups in total. The molecule has 0 saturated carbocycles. The maximum atomic E-state index is 6.20. The zero-order chi connectivity index (χ0) is 14.1. The van der Waals surface area contributed by atoms with Crippen LogP contribution in [0.4, 0.5) is 0 Å². The van der Waals surface area contributed by atoms with Gasteiger partial charge in [0, 0.05) is 11.5 Å². The van der Waals surface area contributed by atoms with Crippen molar-refractivity contribution < 1.29 is 4.74 Å². The molecule has 0 aliphatic rings. The summed E-state index contributed by atoms with van der Waals surface area (Å²) in [4.78, 5) is 4.64. The number of aromatic nitrogens is 1. The average Bonchev–Trinajstić information content (AvgIpc) is 3.03. The summed E-state index contributed by atoms with van der Waals surface area (Å²) in [6.07, 6.45) is 2.05. The molecule has 0 aliphatic heterocycles. The Labute approximate surface area is 126 Å². The molecule has 0 amide bonds. The van der Waals surface area contributed by atoms with E-state index in [0.717, 1.165) is 29.1 Å². The Morgan fingerprint density at radius 2 is 2.30 bits per heavy atom. The molecule has 3 nitrogen and oxygen atoms in total. The Morgan fingerprint density at radius 1 is 1.45 bits per heavy atom. The van der Waals surface area contributed by atoms with Gasteiger partial charge in [0.2, 0.25) is 0 Å². The number of nitrogens with zero attached hydrogens (tertiary/aromatic N) is 1. The topological polar surface area (TPSA) is 48.1 Å². The number of ether oxygens (including phenoxy) is 1. The molecule has 1 unspecified atom stereocenters. The first-order valence-electron chi connectivity index (χ1n) is 6.87. The number of benzene rings is 1. The normalized spacial score (nSPS) is 13.2. The van der Waals surface area contributed by atoms with Crippen LogP contribution >= 0.6 is 22.7 Å². The Morgan fingerprint density at radius 3 is 3.05 bits per heavy atom. The van der Waals surface area contributed by atoms with Gasteiger partial charge in [-0.1, -0.05) is 6.92 Å². The molecular formula is C15H18N2OS2. The summed E-state index contributed by atoms with van der Waals surface area (Å²) >= 11 is 3.46. The summed E-state index contributed by atoms with van der Waals surface area (Å²) in [6, 6.07) is 4.26. The summed E-state index contributed by atoms with van der Waals surface area (Å²) in [5.74, 6) is 0.970. The minimum absolute atomic E-state index is 0.189. The number of aryl methyl sites for hydroxylation is 1. The standard InChI is InChI=1S/C15H18N2OS2/c1-3-10(4-6-16)18-12-8-13-14(17-9(2)20-13)15-11(12)5-7-19-15/h5,7-8,10H,3-4,6,16H2,1-2H3. The van der Waals surface area contributed by atoms with E-state index in [1.807, 2.05) is 6.92 Å². The molecule has 0 fully saturated rings. The summed E-state index contributed by atoms with van der Waals surface area (Å²) in [5, 5.41) is 4.37. The van der Waals surface area contributed by atoms with Crippen molar-refractivity contribution in [3.05, 3.63) is 22.5 Å². The van der Waals surface area contributed by atoms with Crippen LogP contribution in [0.3, 0.4) is 0 Å². The molecule has 106 valence electrons. The summed E-state index contributed by atoms with van der Waals surface area (Å²) in [5.41, 5.74) is 6.77. The van der Waals surface area contributed by atoms with E-state index in [1.165, 1.54) is 14.8 Å². The highest BCUT2D eigenvalue weighted by Gasteiger charge is 2.15. The number of thiazole rings is 1. The number of nitrogens with two attached hydrogens (primary N) is 1. The first-order chi connectivity index (χ1) is 9.72. The Kier molecular flexibility index (Phi) is 3.92. The molecule has 0 saturated heterocycles. The molecule has 0 radical (unpaired) electrons. The molecule has 0 bridgehead atoms. The number of thiophene rings is 1. The molecule has 20 heavy (non-hydrogen) atoms. The lowest BCUT2D eigenvalue weighted by Gasteiger charge is -2.17. The largest absolute Gasteiger partial charge is 0.490 e. The van der Waals surface area contributed by atoms with E-state index in [1.54, 1.807) is 22.7 Å². The van der Waals surface area contributed by atoms with Crippen LogP contribution in [-0.4, -0.2) is 17.6 Å². The van der Waals surface area contributed by atoms with Crippen LogP contribution < -0.4 is 10.5 Å². The molecule has 0 spiro atoms. The quantitative estimate of drug-likeness (QED) is 0.763. The Balaban J connectivity index is 2.10. The van der Waals surface area contributed by atoms with Crippen molar-refractivity contribution in [3.63, 3.8) is 0 Å². The van der Waals surface area contributed by atoms with Crippen LogP contribution in [0.2, 0.25) is 0 Å². The maximum Gasteiger partial charge on any atom is 0.129 e. The first kappa shape index (κ1) is 13.8. The van der Waals surface area contributed by atoms with Crippen LogP contribution in [0.1, 0.15) is 24.8 Å². The lowest BCUT2D eigenvalue weighted by atomic mass is 10.2. The van der Waals surface area contributed by atoms with Gasteiger partial charge in [0.1, 0.15) is 5.75 Å². The van der Waals surface area contributed by atoms with Gasteiger partial charge < -0.3 is 10.5 Å². The predicted octanol–water partition coefficient (Wildman–Crippen LogP) is 4.33. The highest BCUT2D eigenvalue weighted by molar-refractivity contribution is 7.21. The van der Waals surface area contributed by atoms with E-state index in [0.29, 0.717) is 6.54 Å². The van der Waals surface area contributed by atoms with Gasteiger partial charge in [0.25, 0.3) is 0 Å². The van der Waals surface area contributed by atoms with Gasteiger partial charge in [-0.05, 0) is 37.8 Å². The third-order valence-corrected chi connectivity index (χ3v) is 5.24. The van der Waals surface area contributed by atoms with Gasteiger partial charge in [-0.3, -0.25) is 0 Å². The zero-order valence-electron chi connectivity index (χ0n) is 11.7. The van der Waals surface area contributed by atoms with Crippen LogP contribution in [-0.2, 0) is 0 Å². The van der Waals surface area contributed by atoms with Crippen molar-refractivity contribution in [1.29, 1.82) is 0 Å². The summed E-state index contributed by atoms with van der Waals surface area (Å²) < 4.78 is 8.63. The van der Waals surface area contributed by atoms with Gasteiger partial charge in [-0.2, -0.15) is 0 Å². The van der Waals surface area contributed by atoms with Crippen molar-refractivity contribution in [3.8, 4) is 5.75 Å².